The van der Waals surface area contributed by atoms with Gasteiger partial charge in [-0.3, -0.25) is 0 Å². The Labute approximate surface area is 153 Å². The fourth-order valence-electron chi connectivity index (χ4n) is 2.25. The number of rotatable bonds is 7. The van der Waals surface area contributed by atoms with Crippen LogP contribution in [0, 0.1) is 0 Å². The highest BCUT2D eigenvalue weighted by molar-refractivity contribution is 7.15. The first-order valence-corrected chi connectivity index (χ1v) is 9.31. The number of hydrogen-bond acceptors (Lipinski definition) is 5. The molecule has 25 heavy (non-hydrogen) atoms. The minimum Gasteiger partial charge on any atom is -0.444 e. The van der Waals surface area contributed by atoms with Crippen LogP contribution in [0.4, 0.5) is 4.79 Å². The summed E-state index contributed by atoms with van der Waals surface area (Å²) in [6, 6.07) is 8.34. The Morgan fingerprint density at radius 3 is 2.60 bits per heavy atom. The number of unbranched alkanes of at least 4 members (excludes halogenated alkanes) is 1. The van der Waals surface area contributed by atoms with Gasteiger partial charge in [0.1, 0.15) is 10.6 Å². The fraction of sp³-hybridized carbons (Fsp3) is 0.474. The molecule has 0 aliphatic rings. The molecule has 1 aromatic heterocycles. The van der Waals surface area contributed by atoms with E-state index in [1.807, 2.05) is 20.8 Å². The van der Waals surface area contributed by atoms with Crippen molar-refractivity contribution in [1.82, 2.24) is 10.3 Å². The summed E-state index contributed by atoms with van der Waals surface area (Å²) >= 11 is 1.56. The number of amides is 1. The number of aryl methyl sites for hydroxylation is 1. The highest BCUT2D eigenvalue weighted by atomic mass is 32.1. The zero-order valence-corrected chi connectivity index (χ0v) is 15.9. The van der Waals surface area contributed by atoms with Crippen LogP contribution in [-0.2, 0) is 17.7 Å². The number of hydrogen-bond donors (Lipinski definition) is 2. The van der Waals surface area contributed by atoms with E-state index < -0.39 is 11.7 Å². The molecule has 2 N–H and O–H groups in total. The maximum atomic E-state index is 11.7. The standard InChI is InChI=1S/C19H26N2O3S/c1-19(2,3)24-18(23)21-13-16-12-20-17(25-16)15-9-7-14(8-10-15)6-4-5-11-22/h7-10,12,22H,4-6,11,13H2,1-3H3,(H,21,23). The summed E-state index contributed by atoms with van der Waals surface area (Å²) in [5.74, 6) is 0. The first-order valence-electron chi connectivity index (χ1n) is 8.49. The van der Waals surface area contributed by atoms with Gasteiger partial charge >= 0.3 is 6.09 Å². The highest BCUT2D eigenvalue weighted by Gasteiger charge is 2.16. The van der Waals surface area contributed by atoms with Crippen LogP contribution < -0.4 is 5.32 Å². The van der Waals surface area contributed by atoms with Crippen molar-refractivity contribution in [2.45, 2.75) is 52.2 Å². The van der Waals surface area contributed by atoms with Gasteiger partial charge in [0.2, 0.25) is 0 Å². The van der Waals surface area contributed by atoms with Gasteiger partial charge in [-0.1, -0.05) is 24.3 Å². The Kier molecular flexibility index (Phi) is 6.96. The van der Waals surface area contributed by atoms with Crippen LogP contribution in [0.25, 0.3) is 10.6 Å². The van der Waals surface area contributed by atoms with E-state index in [0.29, 0.717) is 6.54 Å². The Bertz CT molecular complexity index is 675. The van der Waals surface area contributed by atoms with Crippen LogP contribution >= 0.6 is 11.3 Å². The van der Waals surface area contributed by atoms with E-state index in [9.17, 15) is 4.79 Å². The summed E-state index contributed by atoms with van der Waals surface area (Å²) in [4.78, 5) is 17.1. The van der Waals surface area contributed by atoms with E-state index in [1.165, 1.54) is 5.56 Å². The van der Waals surface area contributed by atoms with Gasteiger partial charge in [-0.2, -0.15) is 0 Å². The molecule has 136 valence electrons. The lowest BCUT2D eigenvalue weighted by Crippen LogP contribution is -2.31. The monoisotopic (exact) mass is 362 g/mol. The van der Waals surface area contributed by atoms with Crippen molar-refractivity contribution in [2.75, 3.05) is 6.61 Å². The van der Waals surface area contributed by atoms with Crippen LogP contribution in [0.15, 0.2) is 30.5 Å². The van der Waals surface area contributed by atoms with Crippen molar-refractivity contribution in [3.8, 4) is 10.6 Å². The van der Waals surface area contributed by atoms with Crippen LogP contribution in [0.3, 0.4) is 0 Å². The summed E-state index contributed by atoms with van der Waals surface area (Å²) in [5.41, 5.74) is 1.84. The van der Waals surface area contributed by atoms with E-state index >= 15 is 0 Å². The van der Waals surface area contributed by atoms with Gasteiger partial charge in [0.15, 0.2) is 0 Å². The first kappa shape index (κ1) is 19.4. The molecule has 1 heterocycles. The average Bonchev–Trinajstić information content (AvgIpc) is 3.01. The lowest BCUT2D eigenvalue weighted by atomic mass is 10.1. The second-order valence-corrected chi connectivity index (χ2v) is 7.98. The second kappa shape index (κ2) is 8.97. The topological polar surface area (TPSA) is 71.5 Å². The molecule has 1 amide bonds. The minimum atomic E-state index is -0.498. The molecular formula is C19H26N2O3S. The van der Waals surface area contributed by atoms with Crippen molar-refractivity contribution >= 4 is 17.4 Å². The Hall–Kier alpha value is -1.92. The second-order valence-electron chi connectivity index (χ2n) is 6.86. The molecular weight excluding hydrogens is 336 g/mol. The molecule has 0 radical (unpaired) electrons. The number of carbonyl (C=O) groups is 1. The quantitative estimate of drug-likeness (QED) is 0.726. The molecule has 2 rings (SSSR count). The number of thiazole rings is 1. The van der Waals surface area contributed by atoms with Crippen LogP contribution in [-0.4, -0.2) is 28.4 Å². The zero-order valence-electron chi connectivity index (χ0n) is 15.0. The summed E-state index contributed by atoms with van der Waals surface area (Å²) < 4.78 is 5.22. The highest BCUT2D eigenvalue weighted by Crippen LogP contribution is 2.25. The van der Waals surface area contributed by atoms with Gasteiger partial charge < -0.3 is 15.2 Å². The molecule has 1 aromatic carbocycles. The molecule has 0 aliphatic carbocycles. The number of aliphatic hydroxyl groups is 1. The van der Waals surface area contributed by atoms with Gasteiger partial charge in [0, 0.05) is 23.2 Å². The number of nitrogens with zero attached hydrogens (tertiary/aromatic N) is 1. The minimum absolute atomic E-state index is 0.247. The fourth-order valence-corrected chi connectivity index (χ4v) is 3.11. The Morgan fingerprint density at radius 2 is 1.96 bits per heavy atom. The SMILES string of the molecule is CC(C)(C)OC(=O)NCc1cnc(-c2ccc(CCCCO)cc2)s1. The van der Waals surface area contributed by atoms with Crippen molar-refractivity contribution in [3.63, 3.8) is 0 Å². The van der Waals surface area contributed by atoms with Gasteiger partial charge in [-0.05, 0) is 45.6 Å². The van der Waals surface area contributed by atoms with Gasteiger partial charge in [0.25, 0.3) is 0 Å². The normalized spacial score (nSPS) is 11.4. The Balaban J connectivity index is 1.89. The molecule has 0 aliphatic heterocycles. The van der Waals surface area contributed by atoms with Crippen molar-refractivity contribution in [1.29, 1.82) is 0 Å². The third-order valence-corrected chi connectivity index (χ3v) is 4.48. The van der Waals surface area contributed by atoms with Crippen molar-refractivity contribution < 1.29 is 14.6 Å². The average molecular weight is 362 g/mol. The lowest BCUT2D eigenvalue weighted by molar-refractivity contribution is 0.0524. The van der Waals surface area contributed by atoms with Crippen LogP contribution in [0.2, 0.25) is 0 Å². The van der Waals surface area contributed by atoms with E-state index in [-0.39, 0.29) is 6.61 Å². The molecule has 0 bridgehead atoms. The van der Waals surface area contributed by atoms with E-state index in [1.54, 1.807) is 17.5 Å². The smallest absolute Gasteiger partial charge is 0.407 e. The third kappa shape index (κ3) is 6.84. The van der Waals surface area contributed by atoms with E-state index in [4.69, 9.17) is 9.84 Å². The predicted molar refractivity (Wildman–Crippen MR) is 101 cm³/mol. The third-order valence-electron chi connectivity index (χ3n) is 3.43. The van der Waals surface area contributed by atoms with E-state index in [0.717, 1.165) is 34.7 Å². The zero-order chi connectivity index (χ0) is 18.3. The summed E-state index contributed by atoms with van der Waals surface area (Å²) in [6.07, 6.45) is 4.17. The number of nitrogens with one attached hydrogen (secondary N) is 1. The number of ether oxygens (including phenoxy) is 1. The first-order chi connectivity index (χ1) is 11.9. The predicted octanol–water partition coefficient (Wildman–Crippen LogP) is 4.15. The summed E-state index contributed by atoms with van der Waals surface area (Å²) in [7, 11) is 0. The molecule has 0 fully saturated rings. The molecule has 0 unspecified atom stereocenters. The van der Waals surface area contributed by atoms with Crippen LogP contribution in [0.5, 0.6) is 0 Å². The lowest BCUT2D eigenvalue weighted by Gasteiger charge is -2.19. The number of aliphatic hydroxyl groups excluding tert-OH is 1. The van der Waals surface area contributed by atoms with Crippen molar-refractivity contribution in [2.24, 2.45) is 0 Å². The van der Waals surface area contributed by atoms with Crippen LogP contribution in [0.1, 0.15) is 44.1 Å². The maximum Gasteiger partial charge on any atom is 0.407 e. The molecule has 0 saturated carbocycles. The number of benzene rings is 1. The number of aromatic nitrogens is 1. The van der Waals surface area contributed by atoms with Crippen molar-refractivity contribution in [3.05, 3.63) is 40.9 Å². The molecule has 6 heteroatoms. The largest absolute Gasteiger partial charge is 0.444 e. The summed E-state index contributed by atoms with van der Waals surface area (Å²) in [5, 5.41) is 12.5. The molecule has 0 atom stereocenters. The summed E-state index contributed by atoms with van der Waals surface area (Å²) in [6.45, 7) is 6.17. The maximum absolute atomic E-state index is 11.7. The molecule has 0 spiro atoms. The molecule has 0 saturated heterocycles. The van der Waals surface area contributed by atoms with Gasteiger partial charge in [-0.15, -0.1) is 11.3 Å². The molecule has 2 aromatic rings. The van der Waals surface area contributed by atoms with E-state index in [2.05, 4.69) is 34.6 Å². The number of alkyl carbamates (subject to hydrolysis) is 1. The Morgan fingerprint density at radius 1 is 1.24 bits per heavy atom. The van der Waals surface area contributed by atoms with Gasteiger partial charge in [-0.25, -0.2) is 9.78 Å². The molecule has 5 nitrogen and oxygen atoms in total. The van der Waals surface area contributed by atoms with Gasteiger partial charge in [0.05, 0.1) is 6.54 Å². The number of carbonyl (C=O) groups excluding carboxylic acids is 1.